The summed E-state index contributed by atoms with van der Waals surface area (Å²) in [5.41, 5.74) is 0.903. The molecule has 1 aliphatic heterocycles. The summed E-state index contributed by atoms with van der Waals surface area (Å²) in [7, 11) is -3.61. The lowest BCUT2D eigenvalue weighted by Gasteiger charge is -2.32. The number of anilines is 1. The second-order valence-corrected chi connectivity index (χ2v) is 19.7. The highest BCUT2D eigenvalue weighted by Gasteiger charge is 2.39. The molecule has 0 saturated carbocycles. The summed E-state index contributed by atoms with van der Waals surface area (Å²) in [4.78, 5) is 9.92. The first kappa shape index (κ1) is 35.8. The smallest absolute Gasteiger partial charge is 0.264 e. The molecule has 0 radical (unpaired) electrons. The lowest BCUT2D eigenvalue weighted by molar-refractivity contribution is 0.409. The predicted molar refractivity (Wildman–Crippen MR) is 207 cm³/mol. The van der Waals surface area contributed by atoms with Gasteiger partial charge in [-0.15, -0.1) is 45.3 Å². The molecule has 4 aromatic heterocycles. The van der Waals surface area contributed by atoms with Crippen molar-refractivity contribution in [3.05, 3.63) is 46.2 Å². The highest BCUT2D eigenvalue weighted by atomic mass is 32.2. The molecule has 0 aliphatic carbocycles. The van der Waals surface area contributed by atoms with Crippen molar-refractivity contribution < 1.29 is 8.42 Å². The van der Waals surface area contributed by atoms with Crippen LogP contribution in [0.3, 0.4) is 0 Å². The molecule has 0 N–H and O–H groups in total. The molecule has 8 heteroatoms. The molecule has 252 valence electrons. The van der Waals surface area contributed by atoms with Crippen molar-refractivity contribution in [2.24, 2.45) is 5.92 Å². The fraction of sp³-hybridized carbons (Fsp3) is 0.579. The lowest BCUT2D eigenvalue weighted by atomic mass is 9.93. The third kappa shape index (κ3) is 8.96. The van der Waals surface area contributed by atoms with Gasteiger partial charge in [0.05, 0.1) is 15.4 Å². The van der Waals surface area contributed by atoms with E-state index in [4.69, 9.17) is 0 Å². The van der Waals surface area contributed by atoms with Crippen LogP contribution in [0.1, 0.15) is 126 Å². The van der Waals surface area contributed by atoms with Gasteiger partial charge in [-0.3, -0.25) is 4.31 Å². The Balaban J connectivity index is 1.36. The molecule has 0 saturated heterocycles. The fourth-order valence-corrected chi connectivity index (χ4v) is 13.3. The Hall–Kier alpha value is -1.45. The number of nitrogens with zero attached hydrogens (tertiary/aromatic N) is 1. The molecule has 4 aromatic rings. The van der Waals surface area contributed by atoms with E-state index >= 15 is 0 Å². The summed E-state index contributed by atoms with van der Waals surface area (Å²) in [6.07, 6.45) is 20.3. The van der Waals surface area contributed by atoms with E-state index in [1.54, 1.807) is 22.7 Å². The van der Waals surface area contributed by atoms with E-state index in [1.807, 2.05) is 40.0 Å². The Morgan fingerprint density at radius 2 is 1.13 bits per heavy atom. The number of hydrogen-bond acceptors (Lipinski definition) is 6. The second kappa shape index (κ2) is 17.3. The number of unbranched alkanes of at least 4 members (excludes halogenated alkanes) is 12. The van der Waals surface area contributed by atoms with Crippen LogP contribution in [0.4, 0.5) is 5.69 Å². The van der Waals surface area contributed by atoms with Gasteiger partial charge in [0.2, 0.25) is 0 Å². The molecule has 5 rings (SSSR count). The summed E-state index contributed by atoms with van der Waals surface area (Å²) < 4.78 is 30.5. The lowest BCUT2D eigenvalue weighted by Crippen LogP contribution is -2.37. The van der Waals surface area contributed by atoms with Crippen LogP contribution in [-0.2, 0) is 10.0 Å². The quantitative estimate of drug-likeness (QED) is 0.0854. The van der Waals surface area contributed by atoms with Gasteiger partial charge in [-0.25, -0.2) is 8.42 Å². The Labute approximate surface area is 295 Å². The zero-order valence-electron chi connectivity index (χ0n) is 28.4. The normalized spacial score (nSPS) is 14.5. The van der Waals surface area contributed by atoms with E-state index in [9.17, 15) is 8.42 Å². The Morgan fingerprint density at radius 3 is 1.72 bits per heavy atom. The average Bonchev–Trinajstić information content (AvgIpc) is 3.84. The van der Waals surface area contributed by atoms with Crippen molar-refractivity contribution in [3.8, 4) is 29.3 Å². The minimum absolute atomic E-state index is 0.383. The van der Waals surface area contributed by atoms with Gasteiger partial charge in [-0.1, -0.05) is 104 Å². The van der Waals surface area contributed by atoms with Gasteiger partial charge in [0.25, 0.3) is 10.0 Å². The number of fused-ring (bicyclic) bond motifs is 3. The van der Waals surface area contributed by atoms with Crippen molar-refractivity contribution in [3.63, 3.8) is 0 Å². The summed E-state index contributed by atoms with van der Waals surface area (Å²) in [5.74, 6) is 0.383. The zero-order valence-corrected chi connectivity index (χ0v) is 32.4. The summed E-state index contributed by atoms with van der Waals surface area (Å²) in [6.45, 7) is 9.33. The van der Waals surface area contributed by atoms with Gasteiger partial charge < -0.3 is 0 Å². The van der Waals surface area contributed by atoms with Crippen LogP contribution in [0.2, 0.25) is 0 Å². The minimum atomic E-state index is -3.61. The first-order chi connectivity index (χ1) is 22.3. The number of thiophene rings is 4. The minimum Gasteiger partial charge on any atom is -0.264 e. The Kier molecular flexibility index (Phi) is 13.5. The highest BCUT2D eigenvalue weighted by Crippen LogP contribution is 2.54. The topological polar surface area (TPSA) is 37.4 Å². The molecule has 0 spiro atoms. The maximum Gasteiger partial charge on any atom is 0.265 e. The number of hydrogen-bond donors (Lipinski definition) is 0. The van der Waals surface area contributed by atoms with Gasteiger partial charge in [-0.2, -0.15) is 0 Å². The summed E-state index contributed by atoms with van der Waals surface area (Å²) in [5, 5.41) is 0. The first-order valence-electron chi connectivity index (χ1n) is 17.8. The molecular weight excluding hydrogens is 663 g/mol. The molecule has 1 aliphatic rings. The number of aryl methyl sites for hydroxylation is 2. The molecule has 0 fully saturated rings. The van der Waals surface area contributed by atoms with E-state index < -0.39 is 10.0 Å². The molecule has 0 aromatic carbocycles. The van der Waals surface area contributed by atoms with Gasteiger partial charge in [0.15, 0.2) is 0 Å². The van der Waals surface area contributed by atoms with Crippen LogP contribution in [0.5, 0.6) is 0 Å². The fourth-order valence-electron chi connectivity index (χ4n) is 6.65. The van der Waals surface area contributed by atoms with Crippen LogP contribution in [0.25, 0.3) is 29.3 Å². The van der Waals surface area contributed by atoms with Gasteiger partial charge in [-0.05, 0) is 69.0 Å². The Morgan fingerprint density at radius 1 is 0.587 bits per heavy atom. The van der Waals surface area contributed by atoms with Gasteiger partial charge >= 0.3 is 0 Å². The molecule has 3 nitrogen and oxygen atoms in total. The molecule has 0 amide bonds. The number of rotatable bonds is 20. The zero-order chi connectivity index (χ0) is 32.5. The van der Waals surface area contributed by atoms with Crippen molar-refractivity contribution in [2.45, 2.75) is 135 Å². The predicted octanol–water partition coefficient (Wildman–Crippen LogP) is 14.0. The van der Waals surface area contributed by atoms with E-state index in [2.05, 4.69) is 51.1 Å². The van der Waals surface area contributed by atoms with Crippen molar-refractivity contribution in [1.82, 2.24) is 0 Å². The van der Waals surface area contributed by atoms with Crippen molar-refractivity contribution in [1.29, 1.82) is 0 Å². The van der Waals surface area contributed by atoms with Crippen molar-refractivity contribution >= 4 is 61.1 Å². The van der Waals surface area contributed by atoms with E-state index in [-0.39, 0.29) is 0 Å². The Bertz CT molecular complexity index is 1620. The largest absolute Gasteiger partial charge is 0.265 e. The molecule has 1 atom stereocenters. The maximum atomic E-state index is 14.3. The summed E-state index contributed by atoms with van der Waals surface area (Å²) in [6, 6.07) is 12.9. The monoisotopic (exact) mass is 715 g/mol. The van der Waals surface area contributed by atoms with Crippen LogP contribution in [-0.4, -0.2) is 15.0 Å². The summed E-state index contributed by atoms with van der Waals surface area (Å²) >= 11 is 7.04. The SMILES string of the molecule is CCCCCCCCCCC(CCCCCCCC)CN1c2cc(-c3ccc(-c4ccc(C)s4)s3)sc2-c2sc(C)cc2S1(=O)=O. The van der Waals surface area contributed by atoms with Crippen LogP contribution < -0.4 is 4.31 Å². The molecule has 5 heterocycles. The molecule has 46 heavy (non-hydrogen) atoms. The average molecular weight is 716 g/mol. The van der Waals surface area contributed by atoms with Crippen LogP contribution in [0, 0.1) is 19.8 Å². The molecule has 0 bridgehead atoms. The van der Waals surface area contributed by atoms with E-state index in [1.165, 1.54) is 114 Å². The molecule has 1 unspecified atom stereocenters. The maximum absolute atomic E-state index is 14.3. The van der Waals surface area contributed by atoms with E-state index in [0.717, 1.165) is 33.2 Å². The highest BCUT2D eigenvalue weighted by molar-refractivity contribution is 7.93. The van der Waals surface area contributed by atoms with Crippen LogP contribution in [0.15, 0.2) is 41.3 Å². The van der Waals surface area contributed by atoms with Crippen molar-refractivity contribution in [2.75, 3.05) is 10.8 Å². The third-order valence-electron chi connectivity index (χ3n) is 9.26. The molecular formula is C38H53NO2S5. The van der Waals surface area contributed by atoms with E-state index in [0.29, 0.717) is 17.4 Å². The first-order valence-corrected chi connectivity index (χ1v) is 22.5. The number of sulfonamides is 1. The second-order valence-electron chi connectivity index (χ2n) is 13.2. The van der Waals surface area contributed by atoms with Gasteiger partial charge in [0, 0.05) is 35.8 Å². The van der Waals surface area contributed by atoms with Crippen LogP contribution >= 0.6 is 45.3 Å². The van der Waals surface area contributed by atoms with Gasteiger partial charge in [0.1, 0.15) is 4.90 Å². The third-order valence-corrected chi connectivity index (χ3v) is 16.0. The standard InChI is InChI=1S/C38H53NO2S5/c1-5-7-9-11-13-14-16-18-20-30(19-17-15-12-10-8-6-2)27-39-31-26-35(34-24-23-33(44-34)32-22-21-28(3)42-32)45-37(31)38-36(46(39,40)41)25-29(4)43-38/h21-26,30H,5-20,27H2,1-4H3.